The maximum atomic E-state index is 6.17. The lowest BCUT2D eigenvalue weighted by molar-refractivity contribution is -0.0383. The monoisotopic (exact) mass is 281 g/mol. The van der Waals surface area contributed by atoms with E-state index in [1.54, 1.807) is 0 Å². The first kappa shape index (κ1) is 14.8. The lowest BCUT2D eigenvalue weighted by atomic mass is 9.87. The molecule has 3 unspecified atom stereocenters. The van der Waals surface area contributed by atoms with Crippen molar-refractivity contribution in [2.45, 2.75) is 57.2 Å². The van der Waals surface area contributed by atoms with Crippen LogP contribution in [-0.2, 0) is 4.74 Å². The van der Waals surface area contributed by atoms with E-state index in [-0.39, 0.29) is 0 Å². The van der Waals surface area contributed by atoms with Gasteiger partial charge < -0.3 is 10.5 Å². The fraction of sp³-hybridized carbons (Fsp3) is 1.00. The molecule has 0 amide bonds. The van der Waals surface area contributed by atoms with Crippen LogP contribution < -0.4 is 5.73 Å². The molecule has 0 aromatic carbocycles. The van der Waals surface area contributed by atoms with Crippen molar-refractivity contribution in [3.8, 4) is 0 Å². The molecule has 2 N–H and O–H groups in total. The highest BCUT2D eigenvalue weighted by molar-refractivity contribution is 4.94. The Kier molecular flexibility index (Phi) is 4.97. The summed E-state index contributed by atoms with van der Waals surface area (Å²) in [6, 6.07) is 2.01. The van der Waals surface area contributed by atoms with E-state index in [0.717, 1.165) is 31.7 Å². The minimum Gasteiger partial charge on any atom is -0.381 e. The number of ether oxygens (including phenoxy) is 1. The number of hydrogen-bond acceptors (Lipinski definition) is 4. The maximum absolute atomic E-state index is 6.17. The van der Waals surface area contributed by atoms with Gasteiger partial charge >= 0.3 is 0 Å². The van der Waals surface area contributed by atoms with Gasteiger partial charge in [0.25, 0.3) is 0 Å². The normalized spacial score (nSPS) is 35.7. The Morgan fingerprint density at radius 2 is 1.95 bits per heavy atom. The molecule has 3 saturated heterocycles. The number of rotatable bonds is 3. The third-order valence-electron chi connectivity index (χ3n) is 5.71. The van der Waals surface area contributed by atoms with Crippen LogP contribution in [0.5, 0.6) is 0 Å². The maximum Gasteiger partial charge on any atom is 0.0469 e. The van der Waals surface area contributed by atoms with E-state index < -0.39 is 0 Å². The fourth-order valence-electron chi connectivity index (χ4n) is 4.54. The minimum absolute atomic E-state index is 0.568. The lowest BCUT2D eigenvalue weighted by Crippen LogP contribution is -2.63. The van der Waals surface area contributed by atoms with Gasteiger partial charge in [0.05, 0.1) is 0 Å². The van der Waals surface area contributed by atoms with E-state index in [9.17, 15) is 0 Å². The molecule has 0 spiro atoms. The van der Waals surface area contributed by atoms with Gasteiger partial charge in [0.1, 0.15) is 0 Å². The zero-order valence-electron chi connectivity index (χ0n) is 13.0. The van der Waals surface area contributed by atoms with E-state index >= 15 is 0 Å². The molecular formula is C16H31N3O. The molecule has 0 saturated carbocycles. The first-order chi connectivity index (χ1) is 9.79. The molecular weight excluding hydrogens is 250 g/mol. The molecule has 3 aliphatic heterocycles. The number of nitrogens with two attached hydrogens (primary N) is 1. The number of hydrogen-bond donors (Lipinski definition) is 1. The van der Waals surface area contributed by atoms with Crippen molar-refractivity contribution in [2.24, 2.45) is 11.7 Å². The second kappa shape index (κ2) is 6.73. The number of piperidine rings is 1. The predicted octanol–water partition coefficient (Wildman–Crippen LogP) is 1.30. The summed E-state index contributed by atoms with van der Waals surface area (Å²) >= 11 is 0. The van der Waals surface area contributed by atoms with Crippen molar-refractivity contribution < 1.29 is 4.74 Å². The highest BCUT2D eigenvalue weighted by atomic mass is 16.5. The molecule has 4 heteroatoms. The molecule has 3 aliphatic rings. The van der Waals surface area contributed by atoms with Crippen molar-refractivity contribution in [2.75, 3.05) is 39.4 Å². The second-order valence-corrected chi connectivity index (χ2v) is 6.94. The summed E-state index contributed by atoms with van der Waals surface area (Å²) in [4.78, 5) is 5.46. The summed E-state index contributed by atoms with van der Waals surface area (Å²) in [6.07, 6.45) is 6.57. The molecule has 4 nitrogen and oxygen atoms in total. The fourth-order valence-corrected chi connectivity index (χ4v) is 4.54. The molecule has 3 heterocycles. The van der Waals surface area contributed by atoms with Crippen LogP contribution in [-0.4, -0.2) is 67.3 Å². The quantitative estimate of drug-likeness (QED) is 0.847. The van der Waals surface area contributed by atoms with E-state index in [4.69, 9.17) is 10.5 Å². The van der Waals surface area contributed by atoms with Crippen molar-refractivity contribution in [1.82, 2.24) is 9.80 Å². The van der Waals surface area contributed by atoms with Crippen LogP contribution >= 0.6 is 0 Å². The number of fused-ring (bicyclic) bond motifs is 1. The molecule has 3 atom stereocenters. The van der Waals surface area contributed by atoms with Crippen LogP contribution in [0, 0.1) is 5.92 Å². The average molecular weight is 281 g/mol. The van der Waals surface area contributed by atoms with Gasteiger partial charge in [-0.25, -0.2) is 0 Å². The van der Waals surface area contributed by atoms with Crippen LogP contribution in [0.2, 0.25) is 0 Å². The summed E-state index contributed by atoms with van der Waals surface area (Å²) in [5.41, 5.74) is 6.17. The van der Waals surface area contributed by atoms with Crippen LogP contribution in [0.25, 0.3) is 0 Å². The van der Waals surface area contributed by atoms with Gasteiger partial charge in [0, 0.05) is 51.0 Å². The largest absolute Gasteiger partial charge is 0.381 e. The lowest BCUT2D eigenvalue weighted by Gasteiger charge is -2.51. The van der Waals surface area contributed by atoms with E-state index in [1.807, 2.05) is 0 Å². The molecule has 0 aromatic rings. The third kappa shape index (κ3) is 3.03. The Bertz CT molecular complexity index is 306. The topological polar surface area (TPSA) is 41.7 Å². The van der Waals surface area contributed by atoms with Gasteiger partial charge in [-0.05, 0) is 45.1 Å². The highest BCUT2D eigenvalue weighted by Gasteiger charge is 2.38. The van der Waals surface area contributed by atoms with Crippen LogP contribution in [0.1, 0.15) is 39.0 Å². The first-order valence-corrected chi connectivity index (χ1v) is 8.57. The Morgan fingerprint density at radius 3 is 2.70 bits per heavy atom. The molecule has 116 valence electrons. The zero-order chi connectivity index (χ0) is 13.9. The van der Waals surface area contributed by atoms with Crippen LogP contribution in [0.15, 0.2) is 0 Å². The van der Waals surface area contributed by atoms with Gasteiger partial charge in [-0.15, -0.1) is 0 Å². The Labute approximate surface area is 123 Å². The molecule has 0 bridgehead atoms. The van der Waals surface area contributed by atoms with E-state index in [2.05, 4.69) is 16.7 Å². The minimum atomic E-state index is 0.568. The van der Waals surface area contributed by atoms with Crippen molar-refractivity contribution in [1.29, 1.82) is 0 Å². The van der Waals surface area contributed by atoms with Crippen molar-refractivity contribution in [3.63, 3.8) is 0 Å². The standard InChI is InChI=1S/C16H31N3O/c1-13-11-18-7-3-2-4-15(18)12-19(13)16(10-17)14-5-8-20-9-6-14/h13-16H,2-12,17H2,1H3. The van der Waals surface area contributed by atoms with E-state index in [0.29, 0.717) is 12.1 Å². The summed E-state index contributed by atoms with van der Waals surface area (Å²) in [5.74, 6) is 0.742. The molecule has 3 fully saturated rings. The smallest absolute Gasteiger partial charge is 0.0469 e. The molecule has 0 aliphatic carbocycles. The number of piperazine rings is 1. The summed E-state index contributed by atoms with van der Waals surface area (Å²) in [6.45, 7) is 8.85. The third-order valence-corrected chi connectivity index (χ3v) is 5.71. The second-order valence-electron chi connectivity index (χ2n) is 6.94. The molecule has 0 aromatic heterocycles. The number of nitrogens with zero attached hydrogens (tertiary/aromatic N) is 2. The molecule has 20 heavy (non-hydrogen) atoms. The molecule has 0 radical (unpaired) electrons. The Hall–Kier alpha value is -0.160. The first-order valence-electron chi connectivity index (χ1n) is 8.57. The van der Waals surface area contributed by atoms with E-state index in [1.165, 1.54) is 51.7 Å². The predicted molar refractivity (Wildman–Crippen MR) is 81.8 cm³/mol. The van der Waals surface area contributed by atoms with Gasteiger partial charge in [-0.1, -0.05) is 6.42 Å². The van der Waals surface area contributed by atoms with Crippen LogP contribution in [0.3, 0.4) is 0 Å². The van der Waals surface area contributed by atoms with Crippen molar-refractivity contribution in [3.05, 3.63) is 0 Å². The van der Waals surface area contributed by atoms with Gasteiger partial charge in [-0.3, -0.25) is 9.80 Å². The SMILES string of the molecule is CC1CN2CCCCC2CN1C(CN)C1CCOCC1. The zero-order valence-corrected chi connectivity index (χ0v) is 13.0. The Morgan fingerprint density at radius 1 is 1.15 bits per heavy atom. The molecule has 3 rings (SSSR count). The van der Waals surface area contributed by atoms with Gasteiger partial charge in [0.15, 0.2) is 0 Å². The van der Waals surface area contributed by atoms with Gasteiger partial charge in [0.2, 0.25) is 0 Å². The summed E-state index contributed by atoms with van der Waals surface area (Å²) < 4.78 is 5.53. The average Bonchev–Trinajstić information content (AvgIpc) is 2.49. The van der Waals surface area contributed by atoms with Crippen molar-refractivity contribution >= 4 is 0 Å². The highest BCUT2D eigenvalue weighted by Crippen LogP contribution is 2.29. The van der Waals surface area contributed by atoms with Crippen LogP contribution in [0.4, 0.5) is 0 Å². The summed E-state index contributed by atoms with van der Waals surface area (Å²) in [7, 11) is 0. The summed E-state index contributed by atoms with van der Waals surface area (Å²) in [5, 5.41) is 0. The van der Waals surface area contributed by atoms with Gasteiger partial charge in [-0.2, -0.15) is 0 Å². The Balaban J connectivity index is 1.66.